The van der Waals surface area contributed by atoms with Gasteiger partial charge in [-0.15, -0.1) is 12.4 Å². The molecule has 5 nitrogen and oxygen atoms in total. The molecule has 0 aromatic rings. The second-order valence-electron chi connectivity index (χ2n) is 4.62. The number of nitrogens with one attached hydrogen (secondary N) is 2. The van der Waals surface area contributed by atoms with Gasteiger partial charge in [0.05, 0.1) is 13.1 Å². The van der Waals surface area contributed by atoms with E-state index in [0.717, 1.165) is 12.3 Å². The summed E-state index contributed by atoms with van der Waals surface area (Å²) in [5, 5.41) is 5.26. The van der Waals surface area contributed by atoms with Crippen molar-refractivity contribution in [2.24, 2.45) is 11.7 Å². The van der Waals surface area contributed by atoms with Crippen LogP contribution in [0.25, 0.3) is 0 Å². The minimum Gasteiger partial charge on any atom is -0.355 e. The molecule has 1 fully saturated rings. The number of hydrogen-bond acceptors (Lipinski definition) is 3. The van der Waals surface area contributed by atoms with E-state index in [0.29, 0.717) is 6.54 Å². The molecule has 2 amide bonds. The van der Waals surface area contributed by atoms with E-state index in [2.05, 4.69) is 10.6 Å². The van der Waals surface area contributed by atoms with Crippen LogP contribution in [0.5, 0.6) is 0 Å². The fraction of sp³-hybridized carbons (Fsp3) is 0.833. The van der Waals surface area contributed by atoms with E-state index in [9.17, 15) is 9.59 Å². The van der Waals surface area contributed by atoms with E-state index in [1.165, 1.54) is 32.1 Å². The lowest BCUT2D eigenvalue weighted by atomic mass is 9.87. The Morgan fingerprint density at radius 1 is 1.06 bits per heavy atom. The lowest BCUT2D eigenvalue weighted by Gasteiger charge is -2.21. The fourth-order valence-electron chi connectivity index (χ4n) is 2.21. The molecule has 1 aliphatic rings. The van der Waals surface area contributed by atoms with Crippen molar-refractivity contribution in [1.82, 2.24) is 10.6 Å². The molecule has 106 valence electrons. The molecule has 0 heterocycles. The molecule has 1 saturated carbocycles. The first-order valence-corrected chi connectivity index (χ1v) is 6.46. The Labute approximate surface area is 115 Å². The van der Waals surface area contributed by atoms with Crippen molar-refractivity contribution in [3.63, 3.8) is 0 Å². The monoisotopic (exact) mass is 277 g/mol. The van der Waals surface area contributed by atoms with Gasteiger partial charge in [0.2, 0.25) is 11.8 Å². The van der Waals surface area contributed by atoms with Gasteiger partial charge in [-0.05, 0) is 12.3 Å². The first kappa shape index (κ1) is 17.2. The zero-order valence-corrected chi connectivity index (χ0v) is 11.6. The van der Waals surface area contributed by atoms with Crippen LogP contribution in [0.15, 0.2) is 0 Å². The normalized spacial score (nSPS) is 15.6. The van der Waals surface area contributed by atoms with Gasteiger partial charge in [-0.2, -0.15) is 0 Å². The Morgan fingerprint density at radius 3 is 2.33 bits per heavy atom. The second-order valence-corrected chi connectivity index (χ2v) is 4.62. The predicted octanol–water partition coefficient (Wildman–Crippen LogP) is 0.570. The maximum atomic E-state index is 11.3. The quantitative estimate of drug-likeness (QED) is 0.664. The summed E-state index contributed by atoms with van der Waals surface area (Å²) < 4.78 is 0. The minimum absolute atomic E-state index is 0. The number of amides is 2. The number of hydrogen-bond donors (Lipinski definition) is 3. The summed E-state index contributed by atoms with van der Waals surface area (Å²) in [4.78, 5) is 22.2. The average Bonchev–Trinajstić information content (AvgIpc) is 2.37. The Hall–Kier alpha value is -0.810. The molecule has 0 aromatic heterocycles. The molecule has 0 spiro atoms. The van der Waals surface area contributed by atoms with Crippen LogP contribution in [-0.2, 0) is 9.59 Å². The lowest BCUT2D eigenvalue weighted by Crippen LogP contribution is -2.40. The van der Waals surface area contributed by atoms with Crippen LogP contribution in [0.4, 0.5) is 0 Å². The summed E-state index contributed by atoms with van der Waals surface area (Å²) >= 11 is 0. The van der Waals surface area contributed by atoms with E-state index >= 15 is 0 Å². The molecule has 0 bridgehead atoms. The number of carbonyl (C=O) groups is 2. The zero-order chi connectivity index (χ0) is 12.5. The molecule has 4 N–H and O–H groups in total. The van der Waals surface area contributed by atoms with E-state index < -0.39 is 0 Å². The Kier molecular flexibility index (Phi) is 9.69. The number of nitrogens with two attached hydrogens (primary N) is 1. The summed E-state index contributed by atoms with van der Waals surface area (Å²) in [7, 11) is 0. The SMILES string of the molecule is Cl.NCC(=O)NCC(=O)NCCC1CCCCC1. The molecule has 6 heteroatoms. The summed E-state index contributed by atoms with van der Waals surface area (Å²) in [6.07, 6.45) is 7.64. The van der Waals surface area contributed by atoms with Crippen molar-refractivity contribution in [2.45, 2.75) is 38.5 Å². The van der Waals surface area contributed by atoms with Crippen LogP contribution in [0, 0.1) is 5.92 Å². The van der Waals surface area contributed by atoms with Gasteiger partial charge in [0.25, 0.3) is 0 Å². The highest BCUT2D eigenvalue weighted by Crippen LogP contribution is 2.25. The molecule has 0 aromatic carbocycles. The molecule has 1 aliphatic carbocycles. The summed E-state index contributed by atoms with van der Waals surface area (Å²) in [5.74, 6) is 0.331. The molecule has 18 heavy (non-hydrogen) atoms. The van der Waals surface area contributed by atoms with Gasteiger partial charge in [0.15, 0.2) is 0 Å². The summed E-state index contributed by atoms with van der Waals surface area (Å²) in [6, 6.07) is 0. The van der Waals surface area contributed by atoms with Crippen molar-refractivity contribution in [2.75, 3.05) is 19.6 Å². The zero-order valence-electron chi connectivity index (χ0n) is 10.7. The highest BCUT2D eigenvalue weighted by Gasteiger charge is 2.13. The standard InChI is InChI=1S/C12H23N3O2.ClH/c13-8-11(16)15-9-12(17)14-7-6-10-4-2-1-3-5-10;/h10H,1-9,13H2,(H,14,17)(H,15,16);1H. The lowest BCUT2D eigenvalue weighted by molar-refractivity contribution is -0.125. The average molecular weight is 278 g/mol. The van der Waals surface area contributed by atoms with Gasteiger partial charge in [-0.3, -0.25) is 9.59 Å². The Morgan fingerprint density at radius 2 is 1.72 bits per heavy atom. The minimum atomic E-state index is -0.299. The van der Waals surface area contributed by atoms with Gasteiger partial charge < -0.3 is 16.4 Å². The number of carbonyl (C=O) groups excluding carboxylic acids is 2. The molecule has 0 saturated heterocycles. The third kappa shape index (κ3) is 7.50. The van der Waals surface area contributed by atoms with Crippen molar-refractivity contribution >= 4 is 24.2 Å². The van der Waals surface area contributed by atoms with Gasteiger partial charge in [-0.25, -0.2) is 0 Å². The molecular weight excluding hydrogens is 254 g/mol. The fourth-order valence-corrected chi connectivity index (χ4v) is 2.21. The highest BCUT2D eigenvalue weighted by atomic mass is 35.5. The van der Waals surface area contributed by atoms with Crippen molar-refractivity contribution < 1.29 is 9.59 Å². The molecule has 0 atom stereocenters. The van der Waals surface area contributed by atoms with E-state index in [1.54, 1.807) is 0 Å². The Bertz CT molecular complexity index is 256. The molecule has 0 radical (unpaired) electrons. The first-order chi connectivity index (χ1) is 8.22. The molecule has 0 aliphatic heterocycles. The summed E-state index contributed by atoms with van der Waals surface area (Å²) in [6.45, 7) is 0.665. The maximum Gasteiger partial charge on any atom is 0.239 e. The van der Waals surface area contributed by atoms with Crippen molar-refractivity contribution in [3.05, 3.63) is 0 Å². The van der Waals surface area contributed by atoms with Crippen LogP contribution in [0.1, 0.15) is 38.5 Å². The topological polar surface area (TPSA) is 84.2 Å². The van der Waals surface area contributed by atoms with Crippen LogP contribution < -0.4 is 16.4 Å². The smallest absolute Gasteiger partial charge is 0.239 e. The largest absolute Gasteiger partial charge is 0.355 e. The van der Waals surface area contributed by atoms with Crippen LogP contribution >= 0.6 is 12.4 Å². The number of rotatable bonds is 6. The van der Waals surface area contributed by atoms with Crippen LogP contribution in [-0.4, -0.2) is 31.4 Å². The summed E-state index contributed by atoms with van der Waals surface area (Å²) in [5.41, 5.74) is 5.11. The molecule has 1 rings (SSSR count). The van der Waals surface area contributed by atoms with Crippen LogP contribution in [0.3, 0.4) is 0 Å². The van der Waals surface area contributed by atoms with E-state index in [-0.39, 0.29) is 37.3 Å². The molecule has 0 unspecified atom stereocenters. The highest BCUT2D eigenvalue weighted by molar-refractivity contribution is 5.85. The van der Waals surface area contributed by atoms with Crippen molar-refractivity contribution in [3.8, 4) is 0 Å². The third-order valence-electron chi connectivity index (χ3n) is 3.23. The predicted molar refractivity (Wildman–Crippen MR) is 73.5 cm³/mol. The van der Waals surface area contributed by atoms with Gasteiger partial charge in [0, 0.05) is 6.54 Å². The second kappa shape index (κ2) is 10.1. The van der Waals surface area contributed by atoms with Gasteiger partial charge >= 0.3 is 0 Å². The van der Waals surface area contributed by atoms with Gasteiger partial charge in [0.1, 0.15) is 0 Å². The van der Waals surface area contributed by atoms with Gasteiger partial charge in [-0.1, -0.05) is 32.1 Å². The maximum absolute atomic E-state index is 11.3. The van der Waals surface area contributed by atoms with Crippen LogP contribution in [0.2, 0.25) is 0 Å². The molecular formula is C12H24ClN3O2. The number of halogens is 1. The van der Waals surface area contributed by atoms with E-state index in [1.807, 2.05) is 0 Å². The first-order valence-electron chi connectivity index (χ1n) is 6.46. The van der Waals surface area contributed by atoms with Crippen molar-refractivity contribution in [1.29, 1.82) is 0 Å². The Balaban J connectivity index is 0.00000289. The van der Waals surface area contributed by atoms with E-state index in [4.69, 9.17) is 5.73 Å². The third-order valence-corrected chi connectivity index (χ3v) is 3.23.